The second-order valence-corrected chi connectivity index (χ2v) is 8.92. The van der Waals surface area contributed by atoms with Crippen LogP contribution in [0.3, 0.4) is 0 Å². The molecule has 0 spiro atoms. The smallest absolute Gasteiger partial charge is 0.266 e. The first-order chi connectivity index (χ1) is 15.9. The summed E-state index contributed by atoms with van der Waals surface area (Å²) in [5.74, 6) is 0.601. The number of hydrogen-bond donors (Lipinski definition) is 2. The van der Waals surface area contributed by atoms with Crippen LogP contribution < -0.4 is 15.8 Å². The van der Waals surface area contributed by atoms with Crippen molar-refractivity contribution < 1.29 is 4.79 Å². The Balaban J connectivity index is 1.48. The lowest BCUT2D eigenvalue weighted by molar-refractivity contribution is -0.128. The van der Waals surface area contributed by atoms with E-state index in [0.717, 1.165) is 29.9 Å². The number of H-pyrrole nitrogens is 1. The van der Waals surface area contributed by atoms with Gasteiger partial charge in [-0.3, -0.25) is 19.4 Å². The summed E-state index contributed by atoms with van der Waals surface area (Å²) in [5.41, 5.74) is 4.09. The van der Waals surface area contributed by atoms with Crippen LogP contribution in [0.1, 0.15) is 24.1 Å². The van der Waals surface area contributed by atoms with Gasteiger partial charge in [0.2, 0.25) is 0 Å². The number of amides is 1. The predicted molar refractivity (Wildman–Crippen MR) is 131 cm³/mol. The van der Waals surface area contributed by atoms with Gasteiger partial charge in [0.1, 0.15) is 11.9 Å². The molecule has 2 aliphatic heterocycles. The number of nitrogens with zero attached hydrogens (tertiary/aromatic N) is 3. The Hall–Kier alpha value is -3.45. The van der Waals surface area contributed by atoms with Gasteiger partial charge < -0.3 is 15.1 Å². The molecule has 1 saturated heterocycles. The van der Waals surface area contributed by atoms with Crippen molar-refractivity contribution in [1.29, 1.82) is 0 Å². The largest absolute Gasteiger partial charge is 0.368 e. The molecule has 33 heavy (non-hydrogen) atoms. The number of fused-ring (bicyclic) bond motifs is 1. The molecule has 0 bridgehead atoms. The maximum absolute atomic E-state index is 13.9. The highest BCUT2D eigenvalue weighted by Gasteiger charge is 2.36. The normalized spacial score (nSPS) is 18.2. The van der Waals surface area contributed by atoms with E-state index in [1.807, 2.05) is 55.1 Å². The topological polar surface area (TPSA) is 73.4 Å². The number of rotatable bonds is 3. The maximum atomic E-state index is 13.9. The fourth-order valence-corrected chi connectivity index (χ4v) is 4.95. The van der Waals surface area contributed by atoms with E-state index in [9.17, 15) is 9.59 Å². The van der Waals surface area contributed by atoms with Gasteiger partial charge in [0.25, 0.3) is 11.5 Å². The van der Waals surface area contributed by atoms with Crippen molar-refractivity contribution in [3.8, 4) is 0 Å². The Labute approximate surface area is 197 Å². The van der Waals surface area contributed by atoms with Crippen LogP contribution in [0.25, 0.3) is 0 Å². The van der Waals surface area contributed by atoms with E-state index in [1.54, 1.807) is 4.68 Å². The summed E-state index contributed by atoms with van der Waals surface area (Å²) in [6.07, 6.45) is 0. The Bertz CT molecular complexity index is 1290. The number of allylic oxidation sites excluding steroid dienone is 1. The first-order valence-electron chi connectivity index (χ1n) is 11.1. The van der Waals surface area contributed by atoms with Crippen LogP contribution in [0.5, 0.6) is 0 Å². The summed E-state index contributed by atoms with van der Waals surface area (Å²) in [6.45, 7) is 6.61. The molecule has 0 saturated carbocycles. The highest BCUT2D eigenvalue weighted by Crippen LogP contribution is 2.38. The number of anilines is 2. The first kappa shape index (κ1) is 21.4. The van der Waals surface area contributed by atoms with Crippen LogP contribution in [0.4, 0.5) is 11.5 Å². The van der Waals surface area contributed by atoms with Crippen molar-refractivity contribution in [3.05, 3.63) is 92.4 Å². The van der Waals surface area contributed by atoms with Gasteiger partial charge in [-0.15, -0.1) is 0 Å². The number of para-hydroxylation sites is 1. The Kier molecular flexibility index (Phi) is 5.50. The predicted octanol–water partition coefficient (Wildman–Crippen LogP) is 3.78. The lowest BCUT2D eigenvalue weighted by atomic mass is 9.91. The number of benzene rings is 2. The highest BCUT2D eigenvalue weighted by atomic mass is 35.5. The quantitative estimate of drug-likeness (QED) is 0.620. The van der Waals surface area contributed by atoms with Crippen molar-refractivity contribution in [2.75, 3.05) is 36.4 Å². The van der Waals surface area contributed by atoms with Gasteiger partial charge >= 0.3 is 0 Å². The molecule has 2 aliphatic rings. The average molecular weight is 464 g/mol. The first-order valence-corrected chi connectivity index (χ1v) is 11.5. The molecule has 5 rings (SSSR count). The molecule has 1 amide bonds. The number of nitrogens with one attached hydrogen (secondary N) is 2. The minimum absolute atomic E-state index is 0.0303. The second-order valence-electron chi connectivity index (χ2n) is 8.51. The van der Waals surface area contributed by atoms with E-state index >= 15 is 0 Å². The fourth-order valence-electron chi connectivity index (χ4n) is 4.77. The summed E-state index contributed by atoms with van der Waals surface area (Å²) < 4.78 is 1.74. The molecule has 2 N–H and O–H groups in total. The minimum Gasteiger partial charge on any atom is -0.368 e. The molecule has 3 aromatic rings. The van der Waals surface area contributed by atoms with Gasteiger partial charge in [-0.2, -0.15) is 0 Å². The highest BCUT2D eigenvalue weighted by molar-refractivity contribution is 6.31. The molecule has 0 radical (unpaired) electrons. The van der Waals surface area contributed by atoms with Crippen LogP contribution in [-0.2, 0) is 4.79 Å². The lowest BCUT2D eigenvalue weighted by Gasteiger charge is -2.39. The Morgan fingerprint density at radius 3 is 2.45 bits per heavy atom. The zero-order chi connectivity index (χ0) is 23.1. The van der Waals surface area contributed by atoms with Crippen LogP contribution >= 0.6 is 11.6 Å². The number of hydrogen-bond acceptors (Lipinski definition) is 4. The van der Waals surface area contributed by atoms with Crippen LogP contribution in [0.2, 0.25) is 5.02 Å². The van der Waals surface area contributed by atoms with Gasteiger partial charge in [0.15, 0.2) is 0 Å². The van der Waals surface area contributed by atoms with Crippen LogP contribution in [0.15, 0.2) is 70.7 Å². The van der Waals surface area contributed by atoms with Crippen LogP contribution in [0, 0.1) is 6.92 Å². The molecule has 0 aliphatic carbocycles. The SMILES string of the molecule is CC1=C(C(=O)N2CCN(c3ccccc3)CC2)C(c2cccc(Cl)c2C)n2[nH]c(=O)cc2N1. The monoisotopic (exact) mass is 463 g/mol. The summed E-state index contributed by atoms with van der Waals surface area (Å²) in [7, 11) is 0. The molecule has 2 aromatic carbocycles. The lowest BCUT2D eigenvalue weighted by Crippen LogP contribution is -2.50. The number of aromatic nitrogens is 2. The third-order valence-corrected chi connectivity index (χ3v) is 6.94. The standard InChI is InChI=1S/C25H26ClN5O2/c1-16-19(9-6-10-20(16)26)24-23(17(2)27-21-15-22(32)28-31(21)24)25(33)30-13-11-29(12-14-30)18-7-4-3-5-8-18/h3-10,15,24,27H,11-14H2,1-2H3,(H,28,32). The number of halogens is 1. The van der Waals surface area contributed by atoms with Crippen molar-refractivity contribution in [1.82, 2.24) is 14.7 Å². The molecule has 1 unspecified atom stereocenters. The Morgan fingerprint density at radius 1 is 1.00 bits per heavy atom. The van der Waals surface area contributed by atoms with E-state index < -0.39 is 6.04 Å². The van der Waals surface area contributed by atoms with Crippen molar-refractivity contribution in [2.24, 2.45) is 0 Å². The number of carbonyl (C=O) groups is 1. The van der Waals surface area contributed by atoms with E-state index in [2.05, 4.69) is 27.4 Å². The number of piperazine rings is 1. The molecule has 1 atom stereocenters. The summed E-state index contributed by atoms with van der Waals surface area (Å²) in [6, 6.07) is 17.0. The van der Waals surface area contributed by atoms with E-state index in [0.29, 0.717) is 29.5 Å². The maximum Gasteiger partial charge on any atom is 0.266 e. The Morgan fingerprint density at radius 2 is 1.73 bits per heavy atom. The third-order valence-electron chi connectivity index (χ3n) is 6.53. The van der Waals surface area contributed by atoms with Gasteiger partial charge in [-0.25, -0.2) is 0 Å². The summed E-state index contributed by atoms with van der Waals surface area (Å²) in [4.78, 5) is 30.3. The second kappa shape index (κ2) is 8.48. The molecule has 3 heterocycles. The molecule has 7 nitrogen and oxygen atoms in total. The fraction of sp³-hybridized carbons (Fsp3) is 0.280. The van der Waals surface area contributed by atoms with Gasteiger partial charge in [-0.1, -0.05) is 41.9 Å². The zero-order valence-corrected chi connectivity index (χ0v) is 19.4. The van der Waals surface area contributed by atoms with Gasteiger partial charge in [0.05, 0.1) is 5.57 Å². The van der Waals surface area contributed by atoms with Crippen molar-refractivity contribution >= 4 is 29.0 Å². The van der Waals surface area contributed by atoms with Gasteiger partial charge in [-0.05, 0) is 43.2 Å². The molecule has 8 heteroatoms. The van der Waals surface area contributed by atoms with Crippen LogP contribution in [-0.4, -0.2) is 46.8 Å². The molecular weight excluding hydrogens is 438 g/mol. The third kappa shape index (κ3) is 3.82. The summed E-state index contributed by atoms with van der Waals surface area (Å²) in [5, 5.41) is 6.74. The number of aromatic amines is 1. The van der Waals surface area contributed by atoms with Crippen molar-refractivity contribution in [2.45, 2.75) is 19.9 Å². The van der Waals surface area contributed by atoms with Crippen molar-refractivity contribution in [3.63, 3.8) is 0 Å². The van der Waals surface area contributed by atoms with E-state index in [1.165, 1.54) is 11.8 Å². The summed E-state index contributed by atoms with van der Waals surface area (Å²) >= 11 is 6.44. The molecule has 1 fully saturated rings. The molecular formula is C25H26ClN5O2. The van der Waals surface area contributed by atoms with Gasteiger partial charge in [0, 0.05) is 48.7 Å². The minimum atomic E-state index is -0.470. The van der Waals surface area contributed by atoms with E-state index in [-0.39, 0.29) is 11.5 Å². The zero-order valence-electron chi connectivity index (χ0n) is 18.6. The average Bonchev–Trinajstić information content (AvgIpc) is 3.20. The molecule has 1 aromatic heterocycles. The van der Waals surface area contributed by atoms with E-state index in [4.69, 9.17) is 11.6 Å². The number of carbonyl (C=O) groups excluding carboxylic acids is 1. The molecule has 170 valence electrons.